The van der Waals surface area contributed by atoms with Crippen LogP contribution in [0.25, 0.3) is 0 Å². The van der Waals surface area contributed by atoms with Gasteiger partial charge in [0.1, 0.15) is 5.54 Å². The van der Waals surface area contributed by atoms with Gasteiger partial charge in [0.25, 0.3) is 5.91 Å². The second-order valence-electron chi connectivity index (χ2n) is 7.43. The maximum atomic E-state index is 12.9. The molecule has 0 bridgehead atoms. The van der Waals surface area contributed by atoms with Crippen molar-refractivity contribution in [3.05, 3.63) is 65.7 Å². The molecule has 29 heavy (non-hydrogen) atoms. The van der Waals surface area contributed by atoms with Gasteiger partial charge in [-0.2, -0.15) is 0 Å². The van der Waals surface area contributed by atoms with Gasteiger partial charge in [-0.05, 0) is 43.2 Å². The van der Waals surface area contributed by atoms with Crippen LogP contribution in [-0.4, -0.2) is 41.6 Å². The van der Waals surface area contributed by atoms with Crippen LogP contribution < -0.4 is 10.2 Å². The second-order valence-corrected chi connectivity index (χ2v) is 7.43. The zero-order valence-corrected chi connectivity index (χ0v) is 16.1. The fraction of sp³-hybridized carbons (Fsp3) is 0.273. The van der Waals surface area contributed by atoms with Crippen LogP contribution in [0.3, 0.4) is 0 Å². The Morgan fingerprint density at radius 2 is 1.72 bits per heavy atom. The van der Waals surface area contributed by atoms with Gasteiger partial charge in [0, 0.05) is 24.2 Å². The number of Topliss-reactive ketones (excluding diaryl/α,β-unsaturated/α-hetero) is 1. The minimum absolute atomic E-state index is 0.0728. The van der Waals surface area contributed by atoms with Crippen LogP contribution in [-0.2, 0) is 15.1 Å². The predicted molar refractivity (Wildman–Crippen MR) is 106 cm³/mol. The molecule has 2 aliphatic rings. The molecular formula is C22H21N3O4. The molecule has 1 N–H and O–H groups in total. The van der Waals surface area contributed by atoms with E-state index in [0.717, 1.165) is 17.0 Å². The molecular weight excluding hydrogens is 370 g/mol. The zero-order chi connectivity index (χ0) is 20.6. The van der Waals surface area contributed by atoms with Crippen molar-refractivity contribution >= 4 is 29.3 Å². The number of urea groups is 1. The van der Waals surface area contributed by atoms with Crippen LogP contribution in [0.5, 0.6) is 0 Å². The Kier molecular flexibility index (Phi) is 4.66. The average molecular weight is 391 g/mol. The first-order valence-electron chi connectivity index (χ1n) is 9.53. The summed E-state index contributed by atoms with van der Waals surface area (Å²) in [6, 6.07) is 15.0. The SMILES string of the molecule is C[C@@]1(c2ccccc2)NC(=O)N(CC(=O)c2ccc(N3CCCC3=O)cc2)C1=O. The summed E-state index contributed by atoms with van der Waals surface area (Å²) in [5.74, 6) is -0.727. The van der Waals surface area contributed by atoms with Gasteiger partial charge < -0.3 is 10.2 Å². The van der Waals surface area contributed by atoms with Crippen LogP contribution in [0.15, 0.2) is 54.6 Å². The number of anilines is 1. The van der Waals surface area contributed by atoms with E-state index in [9.17, 15) is 19.2 Å². The molecule has 7 nitrogen and oxygen atoms in total. The Morgan fingerprint density at radius 3 is 2.34 bits per heavy atom. The first-order valence-corrected chi connectivity index (χ1v) is 9.53. The summed E-state index contributed by atoms with van der Waals surface area (Å²) in [5.41, 5.74) is 0.594. The molecule has 0 saturated carbocycles. The van der Waals surface area contributed by atoms with Crippen molar-refractivity contribution in [2.24, 2.45) is 0 Å². The monoisotopic (exact) mass is 391 g/mol. The molecule has 0 radical (unpaired) electrons. The lowest BCUT2D eigenvalue weighted by atomic mass is 9.92. The Hall–Kier alpha value is -3.48. The van der Waals surface area contributed by atoms with E-state index in [1.54, 1.807) is 60.4 Å². The van der Waals surface area contributed by atoms with Crippen LogP contribution >= 0.6 is 0 Å². The first-order chi connectivity index (χ1) is 13.9. The van der Waals surface area contributed by atoms with Crippen molar-refractivity contribution in [1.29, 1.82) is 0 Å². The number of hydrogen-bond donors (Lipinski definition) is 1. The van der Waals surface area contributed by atoms with Gasteiger partial charge in [0.15, 0.2) is 5.78 Å². The predicted octanol–water partition coefficient (Wildman–Crippen LogP) is 2.46. The van der Waals surface area contributed by atoms with Gasteiger partial charge in [-0.15, -0.1) is 0 Å². The van der Waals surface area contributed by atoms with E-state index in [1.165, 1.54) is 0 Å². The number of nitrogens with zero attached hydrogens (tertiary/aromatic N) is 2. The van der Waals surface area contributed by atoms with E-state index >= 15 is 0 Å². The molecule has 0 spiro atoms. The third-order valence-corrected chi connectivity index (χ3v) is 5.50. The molecule has 0 unspecified atom stereocenters. The lowest BCUT2D eigenvalue weighted by Gasteiger charge is -2.22. The molecule has 2 aromatic rings. The van der Waals surface area contributed by atoms with Gasteiger partial charge in [-0.1, -0.05) is 30.3 Å². The Bertz CT molecular complexity index is 987. The maximum Gasteiger partial charge on any atom is 0.325 e. The number of benzene rings is 2. The van der Waals surface area contributed by atoms with E-state index in [-0.39, 0.29) is 18.2 Å². The molecule has 2 saturated heterocycles. The smallest absolute Gasteiger partial charge is 0.319 e. The third-order valence-electron chi connectivity index (χ3n) is 5.50. The molecule has 2 aliphatic heterocycles. The summed E-state index contributed by atoms with van der Waals surface area (Å²) < 4.78 is 0. The number of hydrogen-bond acceptors (Lipinski definition) is 4. The molecule has 2 fully saturated rings. The van der Waals surface area contributed by atoms with Gasteiger partial charge in [-0.25, -0.2) is 4.79 Å². The highest BCUT2D eigenvalue weighted by atomic mass is 16.2. The average Bonchev–Trinajstić information content (AvgIpc) is 3.25. The molecule has 4 rings (SSSR count). The summed E-state index contributed by atoms with van der Waals surface area (Å²) in [5, 5.41) is 2.70. The van der Waals surface area contributed by atoms with E-state index in [2.05, 4.69) is 5.32 Å². The third kappa shape index (κ3) is 3.29. The standard InChI is InChI=1S/C22H21N3O4/c1-22(16-6-3-2-4-7-16)20(28)25(21(29)23-22)14-18(26)15-9-11-17(12-10-15)24-13-5-8-19(24)27/h2-4,6-7,9-12H,5,8,13-14H2,1H3,(H,23,29)/t22-/m0/s1. The van der Waals surface area contributed by atoms with Gasteiger partial charge >= 0.3 is 6.03 Å². The summed E-state index contributed by atoms with van der Waals surface area (Å²) in [4.78, 5) is 52.5. The van der Waals surface area contributed by atoms with Crippen molar-refractivity contribution in [1.82, 2.24) is 10.2 Å². The van der Waals surface area contributed by atoms with Crippen molar-refractivity contribution in [2.75, 3.05) is 18.0 Å². The quantitative estimate of drug-likeness (QED) is 0.627. The topological polar surface area (TPSA) is 86.8 Å². The number of nitrogens with one attached hydrogen (secondary N) is 1. The van der Waals surface area contributed by atoms with Crippen molar-refractivity contribution < 1.29 is 19.2 Å². The highest BCUT2D eigenvalue weighted by Crippen LogP contribution is 2.29. The number of carbonyl (C=O) groups is 4. The number of imide groups is 1. The lowest BCUT2D eigenvalue weighted by Crippen LogP contribution is -2.41. The number of rotatable bonds is 5. The van der Waals surface area contributed by atoms with Crippen molar-refractivity contribution in [3.8, 4) is 0 Å². The number of amides is 4. The number of carbonyl (C=O) groups excluding carboxylic acids is 4. The Morgan fingerprint density at radius 1 is 1.03 bits per heavy atom. The Balaban J connectivity index is 1.49. The molecule has 2 heterocycles. The molecule has 0 aromatic heterocycles. The van der Waals surface area contributed by atoms with E-state index < -0.39 is 17.5 Å². The van der Waals surface area contributed by atoms with Gasteiger partial charge in [0.05, 0.1) is 6.54 Å². The summed E-state index contributed by atoms with van der Waals surface area (Å²) >= 11 is 0. The molecule has 0 aliphatic carbocycles. The normalized spacial score (nSPS) is 21.6. The van der Waals surface area contributed by atoms with Crippen molar-refractivity contribution in [2.45, 2.75) is 25.3 Å². The van der Waals surface area contributed by atoms with E-state index in [1.807, 2.05) is 6.07 Å². The minimum atomic E-state index is -1.20. The first kappa shape index (κ1) is 18.9. The molecule has 1 atom stereocenters. The van der Waals surface area contributed by atoms with E-state index in [0.29, 0.717) is 24.1 Å². The fourth-order valence-corrected chi connectivity index (χ4v) is 3.79. The van der Waals surface area contributed by atoms with Gasteiger partial charge in [0.2, 0.25) is 5.91 Å². The molecule has 148 valence electrons. The highest BCUT2D eigenvalue weighted by Gasteiger charge is 2.49. The fourth-order valence-electron chi connectivity index (χ4n) is 3.79. The summed E-state index contributed by atoms with van der Waals surface area (Å²) in [6.07, 6.45) is 1.36. The van der Waals surface area contributed by atoms with Crippen molar-refractivity contribution in [3.63, 3.8) is 0 Å². The van der Waals surface area contributed by atoms with Crippen LogP contribution in [0, 0.1) is 0 Å². The molecule has 4 amide bonds. The summed E-state index contributed by atoms with van der Waals surface area (Å²) in [6.45, 7) is 1.97. The Labute approximate surface area is 168 Å². The summed E-state index contributed by atoms with van der Waals surface area (Å²) in [7, 11) is 0. The lowest BCUT2D eigenvalue weighted by molar-refractivity contribution is -0.130. The minimum Gasteiger partial charge on any atom is -0.319 e. The van der Waals surface area contributed by atoms with Crippen LogP contribution in [0.2, 0.25) is 0 Å². The largest absolute Gasteiger partial charge is 0.325 e. The van der Waals surface area contributed by atoms with E-state index in [4.69, 9.17) is 0 Å². The number of ketones is 1. The maximum absolute atomic E-state index is 12.9. The molecule has 2 aromatic carbocycles. The van der Waals surface area contributed by atoms with Crippen LogP contribution in [0.4, 0.5) is 10.5 Å². The second kappa shape index (κ2) is 7.16. The zero-order valence-electron chi connectivity index (χ0n) is 16.1. The van der Waals surface area contributed by atoms with Crippen LogP contribution in [0.1, 0.15) is 35.7 Å². The molecule has 7 heteroatoms. The van der Waals surface area contributed by atoms with Gasteiger partial charge in [-0.3, -0.25) is 19.3 Å². The highest BCUT2D eigenvalue weighted by molar-refractivity contribution is 6.11.